The lowest BCUT2D eigenvalue weighted by molar-refractivity contribution is -0.166. The molecule has 3 nitrogen and oxygen atoms in total. The van der Waals surface area contributed by atoms with E-state index < -0.39 is 44.1 Å². The molecule has 0 amide bonds. The highest BCUT2D eigenvalue weighted by Crippen LogP contribution is 2.39. The zero-order valence-corrected chi connectivity index (χ0v) is 13.1. The first-order valence-electron chi connectivity index (χ1n) is 6.83. The Morgan fingerprint density at radius 1 is 1.18 bits per heavy atom. The van der Waals surface area contributed by atoms with Crippen LogP contribution in [0.3, 0.4) is 0 Å². The number of allylic oxidation sites excluding steroid dienone is 1. The molecule has 0 aromatic heterocycles. The van der Waals surface area contributed by atoms with Crippen molar-refractivity contribution in [3.63, 3.8) is 0 Å². The third-order valence-corrected chi connectivity index (χ3v) is 6.84. The van der Waals surface area contributed by atoms with Gasteiger partial charge in [-0.25, -0.2) is 17.2 Å². The van der Waals surface area contributed by atoms with Gasteiger partial charge in [0.1, 0.15) is 16.5 Å². The van der Waals surface area contributed by atoms with E-state index in [9.17, 15) is 30.4 Å². The zero-order valence-electron chi connectivity index (χ0n) is 11.4. The van der Waals surface area contributed by atoms with Gasteiger partial charge in [-0.05, 0) is 31.6 Å². The van der Waals surface area contributed by atoms with Crippen LogP contribution in [0.4, 0.5) is 22.0 Å². The summed E-state index contributed by atoms with van der Waals surface area (Å²) in [4.78, 5) is 0. The summed E-state index contributed by atoms with van der Waals surface area (Å²) in [7, 11) is -4.42. The Labute approximate surface area is 129 Å². The minimum Gasteiger partial charge on any atom is -0.247 e. The highest BCUT2D eigenvalue weighted by atomic mass is 32.3. The summed E-state index contributed by atoms with van der Waals surface area (Å²) in [5.41, 5.74) is -1.46. The van der Waals surface area contributed by atoms with Crippen molar-refractivity contribution in [1.82, 2.24) is 4.72 Å². The van der Waals surface area contributed by atoms with Crippen molar-refractivity contribution in [2.45, 2.75) is 56.0 Å². The van der Waals surface area contributed by atoms with E-state index in [0.29, 0.717) is 11.8 Å². The maximum absolute atomic E-state index is 13.2. The molecule has 0 bridgehead atoms. The molecule has 0 aromatic rings. The summed E-state index contributed by atoms with van der Waals surface area (Å²) in [6.45, 7) is 0. The maximum atomic E-state index is 13.2. The fourth-order valence-electron chi connectivity index (χ4n) is 2.65. The predicted octanol–water partition coefficient (Wildman–Crippen LogP) is 3.64. The topological polar surface area (TPSA) is 46.2 Å². The van der Waals surface area contributed by atoms with Crippen LogP contribution in [-0.4, -0.2) is 32.3 Å². The number of thioether (sulfide) groups is 1. The molecule has 0 aromatic carbocycles. The lowest BCUT2D eigenvalue weighted by Crippen LogP contribution is -2.51. The van der Waals surface area contributed by atoms with Gasteiger partial charge >= 0.3 is 6.18 Å². The molecule has 10 heteroatoms. The molecule has 1 aliphatic carbocycles. The second-order valence-corrected chi connectivity index (χ2v) is 8.57. The first kappa shape index (κ1) is 18.0. The number of rotatable bonds is 4. The fourth-order valence-corrected chi connectivity index (χ4v) is 5.35. The summed E-state index contributed by atoms with van der Waals surface area (Å²) in [5, 5.41) is 0. The van der Waals surface area contributed by atoms with E-state index in [1.165, 1.54) is 0 Å². The molecule has 2 aliphatic rings. The highest BCUT2D eigenvalue weighted by Gasteiger charge is 2.48. The number of halogens is 5. The van der Waals surface area contributed by atoms with Gasteiger partial charge in [0.05, 0.1) is 0 Å². The Balaban J connectivity index is 2.13. The molecule has 1 aliphatic heterocycles. The molecule has 22 heavy (non-hydrogen) atoms. The lowest BCUT2D eigenvalue weighted by Gasteiger charge is -2.33. The van der Waals surface area contributed by atoms with Crippen molar-refractivity contribution in [3.05, 3.63) is 10.3 Å². The SMILES string of the molecule is O=S(=O)(NC(C1CCC(F)CC1)C(F)(F)F)C1=CCC(F)S1. The third-order valence-electron chi connectivity index (χ3n) is 3.79. The van der Waals surface area contributed by atoms with Gasteiger partial charge in [0.25, 0.3) is 0 Å². The lowest BCUT2D eigenvalue weighted by atomic mass is 9.83. The summed E-state index contributed by atoms with van der Waals surface area (Å²) in [5.74, 6) is -1.00. The molecule has 128 valence electrons. The fraction of sp³-hybridized carbons (Fsp3) is 0.833. The largest absolute Gasteiger partial charge is 0.405 e. The zero-order chi connectivity index (χ0) is 16.5. The minimum atomic E-state index is -4.78. The maximum Gasteiger partial charge on any atom is 0.405 e. The van der Waals surface area contributed by atoms with Crippen molar-refractivity contribution >= 4 is 21.8 Å². The average Bonchev–Trinajstić information content (AvgIpc) is 2.84. The number of sulfonamides is 1. The average molecular weight is 365 g/mol. The van der Waals surface area contributed by atoms with Crippen LogP contribution in [0.25, 0.3) is 0 Å². The van der Waals surface area contributed by atoms with Crippen molar-refractivity contribution in [2.75, 3.05) is 0 Å². The molecular weight excluding hydrogens is 349 g/mol. The monoisotopic (exact) mass is 365 g/mol. The molecule has 0 spiro atoms. The second-order valence-electron chi connectivity index (χ2n) is 5.44. The van der Waals surface area contributed by atoms with Gasteiger partial charge in [-0.15, -0.1) is 0 Å². The normalized spacial score (nSPS) is 31.9. The van der Waals surface area contributed by atoms with E-state index in [0.717, 1.165) is 6.08 Å². The number of alkyl halides is 5. The first-order valence-corrected chi connectivity index (χ1v) is 9.20. The Morgan fingerprint density at radius 3 is 2.23 bits per heavy atom. The van der Waals surface area contributed by atoms with Gasteiger partial charge < -0.3 is 0 Å². The third kappa shape index (κ3) is 4.35. The summed E-state index contributed by atoms with van der Waals surface area (Å²) >= 11 is 0.389. The molecule has 2 unspecified atom stereocenters. The van der Waals surface area contributed by atoms with Gasteiger partial charge in [0, 0.05) is 6.42 Å². The standard InChI is InChI=1S/C12H16F5NO2S2/c13-8-3-1-7(2-4-8)11(12(15,16)17)18-22(19,20)10-6-5-9(14)21-10/h6-9,11,18H,1-5H2. The quantitative estimate of drug-likeness (QED) is 0.774. The van der Waals surface area contributed by atoms with Crippen LogP contribution in [0.2, 0.25) is 0 Å². The summed E-state index contributed by atoms with van der Waals surface area (Å²) < 4.78 is 90.9. The Bertz CT molecular complexity index is 526. The molecule has 0 saturated heterocycles. The molecule has 1 fully saturated rings. The van der Waals surface area contributed by atoms with Crippen LogP contribution < -0.4 is 4.72 Å². The van der Waals surface area contributed by atoms with E-state index in [-0.39, 0.29) is 32.1 Å². The van der Waals surface area contributed by atoms with E-state index in [1.54, 1.807) is 4.72 Å². The molecule has 2 rings (SSSR count). The molecule has 0 radical (unpaired) electrons. The summed E-state index contributed by atoms with van der Waals surface area (Å²) in [6, 6.07) is -2.27. The van der Waals surface area contributed by atoms with Gasteiger partial charge in [0.2, 0.25) is 10.0 Å². The predicted molar refractivity (Wildman–Crippen MR) is 73.9 cm³/mol. The van der Waals surface area contributed by atoms with Crippen molar-refractivity contribution in [2.24, 2.45) is 5.92 Å². The van der Waals surface area contributed by atoms with Crippen LogP contribution in [-0.2, 0) is 10.0 Å². The van der Waals surface area contributed by atoms with Crippen LogP contribution >= 0.6 is 11.8 Å². The Hall–Kier alpha value is -0.350. The van der Waals surface area contributed by atoms with Crippen LogP contribution in [0, 0.1) is 5.92 Å². The molecule has 1 heterocycles. The van der Waals surface area contributed by atoms with Crippen LogP contribution in [0.5, 0.6) is 0 Å². The molecule has 1 saturated carbocycles. The van der Waals surface area contributed by atoms with E-state index in [1.807, 2.05) is 0 Å². The van der Waals surface area contributed by atoms with Gasteiger partial charge in [-0.2, -0.15) is 17.9 Å². The van der Waals surface area contributed by atoms with Crippen LogP contribution in [0.15, 0.2) is 10.3 Å². The first-order chi connectivity index (χ1) is 10.1. The molecular formula is C12H16F5NO2S2. The van der Waals surface area contributed by atoms with Crippen LogP contribution in [0.1, 0.15) is 32.1 Å². The summed E-state index contributed by atoms with van der Waals surface area (Å²) in [6.07, 6.45) is -5.08. The van der Waals surface area contributed by atoms with Crippen molar-refractivity contribution in [3.8, 4) is 0 Å². The Morgan fingerprint density at radius 2 is 1.77 bits per heavy atom. The second kappa shape index (κ2) is 6.64. The van der Waals surface area contributed by atoms with Crippen molar-refractivity contribution in [1.29, 1.82) is 0 Å². The number of hydrogen-bond acceptors (Lipinski definition) is 3. The van der Waals surface area contributed by atoms with E-state index >= 15 is 0 Å². The van der Waals surface area contributed by atoms with Crippen molar-refractivity contribution < 1.29 is 30.4 Å². The molecule has 2 atom stereocenters. The molecule has 1 N–H and O–H groups in total. The smallest absolute Gasteiger partial charge is 0.247 e. The van der Waals surface area contributed by atoms with Gasteiger partial charge in [-0.1, -0.05) is 17.8 Å². The highest BCUT2D eigenvalue weighted by molar-refractivity contribution is 8.18. The van der Waals surface area contributed by atoms with E-state index in [2.05, 4.69) is 0 Å². The minimum absolute atomic E-state index is 0.0109. The number of hydrogen-bond donors (Lipinski definition) is 1. The van der Waals surface area contributed by atoms with Gasteiger partial charge in [-0.3, -0.25) is 0 Å². The Kier molecular flexibility index (Phi) is 5.43. The number of nitrogens with one attached hydrogen (secondary N) is 1. The van der Waals surface area contributed by atoms with E-state index in [4.69, 9.17) is 0 Å². The van der Waals surface area contributed by atoms with Gasteiger partial charge in [0.15, 0.2) is 5.50 Å².